The number of hydrogen-bond donors (Lipinski definition) is 1. The average Bonchev–Trinajstić information content (AvgIpc) is 3.04. The summed E-state index contributed by atoms with van der Waals surface area (Å²) in [7, 11) is 0. The van der Waals surface area contributed by atoms with Crippen molar-refractivity contribution in [1.82, 2.24) is 4.90 Å². The van der Waals surface area contributed by atoms with E-state index in [2.05, 4.69) is 10.2 Å². The van der Waals surface area contributed by atoms with E-state index in [-0.39, 0.29) is 5.69 Å². The van der Waals surface area contributed by atoms with Crippen molar-refractivity contribution in [2.75, 3.05) is 31.6 Å². The van der Waals surface area contributed by atoms with Gasteiger partial charge < -0.3 is 10.1 Å². The van der Waals surface area contributed by atoms with Crippen LogP contribution >= 0.6 is 11.6 Å². The largest absolute Gasteiger partial charge is 0.381 e. The van der Waals surface area contributed by atoms with E-state index >= 15 is 0 Å². The molecule has 2 saturated heterocycles. The summed E-state index contributed by atoms with van der Waals surface area (Å²) < 4.78 is 5.45. The van der Waals surface area contributed by atoms with E-state index < -0.39 is 4.92 Å². The first-order valence-electron chi connectivity index (χ1n) is 7.66. The van der Waals surface area contributed by atoms with E-state index in [1.807, 2.05) is 0 Å². The number of benzene rings is 1. The van der Waals surface area contributed by atoms with Gasteiger partial charge in [0.05, 0.1) is 22.2 Å². The third-order valence-corrected chi connectivity index (χ3v) is 4.79. The fourth-order valence-electron chi connectivity index (χ4n) is 3.17. The quantitative estimate of drug-likeness (QED) is 0.681. The maximum Gasteiger partial charge on any atom is 0.271 e. The molecule has 2 fully saturated rings. The minimum atomic E-state index is -0.433. The van der Waals surface area contributed by atoms with Gasteiger partial charge in [0, 0.05) is 43.9 Å². The maximum absolute atomic E-state index is 10.7. The highest BCUT2D eigenvalue weighted by molar-refractivity contribution is 6.33. The minimum absolute atomic E-state index is 0.0200. The minimum Gasteiger partial charge on any atom is -0.381 e. The molecule has 0 radical (unpaired) electrons. The van der Waals surface area contributed by atoms with Crippen molar-refractivity contribution in [2.45, 2.75) is 31.3 Å². The zero-order chi connectivity index (χ0) is 15.5. The molecular formula is C15H20ClN3O3. The number of rotatable bonds is 4. The summed E-state index contributed by atoms with van der Waals surface area (Å²) in [5.41, 5.74) is 0.793. The van der Waals surface area contributed by atoms with Gasteiger partial charge in [0.15, 0.2) is 0 Å². The smallest absolute Gasteiger partial charge is 0.271 e. The van der Waals surface area contributed by atoms with E-state index in [0.717, 1.165) is 51.3 Å². The first kappa shape index (κ1) is 15.5. The van der Waals surface area contributed by atoms with Crippen molar-refractivity contribution in [3.05, 3.63) is 33.3 Å². The molecule has 0 bridgehead atoms. The van der Waals surface area contributed by atoms with Gasteiger partial charge in [0.1, 0.15) is 0 Å². The number of halogens is 1. The van der Waals surface area contributed by atoms with Crippen LogP contribution in [-0.4, -0.2) is 48.2 Å². The molecule has 1 atom stereocenters. The molecular weight excluding hydrogens is 306 g/mol. The summed E-state index contributed by atoms with van der Waals surface area (Å²) in [6, 6.07) is 5.51. The highest BCUT2D eigenvalue weighted by atomic mass is 35.5. The van der Waals surface area contributed by atoms with Gasteiger partial charge in [-0.25, -0.2) is 0 Å². The van der Waals surface area contributed by atoms with Gasteiger partial charge in [-0.05, 0) is 25.3 Å². The van der Waals surface area contributed by atoms with E-state index in [4.69, 9.17) is 16.3 Å². The lowest BCUT2D eigenvalue weighted by Crippen LogP contribution is -2.44. The van der Waals surface area contributed by atoms with Crippen LogP contribution < -0.4 is 5.32 Å². The van der Waals surface area contributed by atoms with Crippen LogP contribution in [0.1, 0.15) is 19.3 Å². The lowest BCUT2D eigenvalue weighted by molar-refractivity contribution is -0.384. The van der Waals surface area contributed by atoms with Crippen LogP contribution in [0.2, 0.25) is 5.02 Å². The van der Waals surface area contributed by atoms with Crippen molar-refractivity contribution >= 4 is 23.0 Å². The van der Waals surface area contributed by atoms with Crippen molar-refractivity contribution in [1.29, 1.82) is 0 Å². The molecule has 0 spiro atoms. The van der Waals surface area contributed by atoms with Crippen LogP contribution in [0, 0.1) is 10.1 Å². The summed E-state index contributed by atoms with van der Waals surface area (Å²) >= 11 is 6.13. The van der Waals surface area contributed by atoms with Gasteiger partial charge in [0.2, 0.25) is 0 Å². The number of likely N-dealkylation sites (tertiary alicyclic amines) is 1. The molecule has 0 aliphatic carbocycles. The molecule has 0 aromatic heterocycles. The summed E-state index contributed by atoms with van der Waals surface area (Å²) in [4.78, 5) is 12.8. The highest BCUT2D eigenvalue weighted by Gasteiger charge is 2.27. The number of nitro benzene ring substituents is 1. The molecule has 1 aromatic carbocycles. The Morgan fingerprint density at radius 1 is 1.32 bits per heavy atom. The Labute approximate surface area is 134 Å². The summed E-state index contributed by atoms with van der Waals surface area (Å²) in [5, 5.41) is 14.5. The molecule has 0 amide bonds. The number of nitro groups is 1. The average molecular weight is 326 g/mol. The van der Waals surface area contributed by atoms with Crippen LogP contribution in [0.3, 0.4) is 0 Å². The number of hydrogen-bond acceptors (Lipinski definition) is 5. The molecule has 6 nitrogen and oxygen atoms in total. The van der Waals surface area contributed by atoms with Gasteiger partial charge in [-0.2, -0.15) is 0 Å². The highest BCUT2D eigenvalue weighted by Crippen LogP contribution is 2.29. The predicted molar refractivity (Wildman–Crippen MR) is 85.5 cm³/mol. The third kappa shape index (κ3) is 3.51. The Morgan fingerprint density at radius 3 is 2.68 bits per heavy atom. The molecule has 2 heterocycles. The Bertz CT molecular complexity index is 541. The topological polar surface area (TPSA) is 67.6 Å². The second kappa shape index (κ2) is 6.81. The standard InChI is InChI=1S/C15H20ClN3O3/c16-14-9-12(19(20)21)1-2-15(14)17-11-3-6-18(7-4-11)13-5-8-22-10-13/h1-2,9,11,13,17H,3-8,10H2. The number of ether oxygens (including phenoxy) is 1. The maximum atomic E-state index is 10.7. The molecule has 7 heteroatoms. The molecule has 2 aliphatic heterocycles. The summed E-state index contributed by atoms with van der Waals surface area (Å²) in [5.74, 6) is 0. The zero-order valence-electron chi connectivity index (χ0n) is 12.3. The lowest BCUT2D eigenvalue weighted by Gasteiger charge is -2.36. The Kier molecular flexibility index (Phi) is 4.81. The zero-order valence-corrected chi connectivity index (χ0v) is 13.1. The summed E-state index contributed by atoms with van der Waals surface area (Å²) in [6.07, 6.45) is 3.22. The van der Waals surface area contributed by atoms with Gasteiger partial charge >= 0.3 is 0 Å². The normalized spacial score (nSPS) is 23.6. The number of nitrogens with one attached hydrogen (secondary N) is 1. The van der Waals surface area contributed by atoms with E-state index in [1.165, 1.54) is 12.1 Å². The van der Waals surface area contributed by atoms with Crippen molar-refractivity contribution < 1.29 is 9.66 Å². The van der Waals surface area contributed by atoms with Crippen LogP contribution in [0.15, 0.2) is 18.2 Å². The first-order chi connectivity index (χ1) is 10.6. The molecule has 1 unspecified atom stereocenters. The number of piperidine rings is 1. The summed E-state index contributed by atoms with van der Waals surface area (Å²) in [6.45, 7) is 3.83. The Hall–Kier alpha value is -1.37. The monoisotopic (exact) mass is 325 g/mol. The van der Waals surface area contributed by atoms with Crippen LogP contribution in [-0.2, 0) is 4.74 Å². The van der Waals surface area contributed by atoms with E-state index in [9.17, 15) is 10.1 Å². The van der Waals surface area contributed by atoms with Crippen molar-refractivity contribution in [3.8, 4) is 0 Å². The van der Waals surface area contributed by atoms with Crippen molar-refractivity contribution in [3.63, 3.8) is 0 Å². The van der Waals surface area contributed by atoms with E-state index in [1.54, 1.807) is 6.07 Å². The lowest BCUT2D eigenvalue weighted by atomic mass is 10.0. The fourth-order valence-corrected chi connectivity index (χ4v) is 3.40. The van der Waals surface area contributed by atoms with Crippen LogP contribution in [0.5, 0.6) is 0 Å². The molecule has 0 saturated carbocycles. The fraction of sp³-hybridized carbons (Fsp3) is 0.600. The number of non-ortho nitro benzene ring substituents is 1. The third-order valence-electron chi connectivity index (χ3n) is 4.47. The van der Waals surface area contributed by atoms with Gasteiger partial charge in [-0.3, -0.25) is 15.0 Å². The molecule has 1 aromatic rings. The molecule has 3 rings (SSSR count). The predicted octanol–water partition coefficient (Wildman–Crippen LogP) is 2.91. The second-order valence-electron chi connectivity index (χ2n) is 5.89. The number of nitrogens with zero attached hydrogens (tertiary/aromatic N) is 2. The Morgan fingerprint density at radius 2 is 2.09 bits per heavy atom. The van der Waals surface area contributed by atoms with E-state index in [0.29, 0.717) is 17.1 Å². The van der Waals surface area contributed by atoms with Gasteiger partial charge in [-0.15, -0.1) is 0 Å². The Balaban J connectivity index is 1.55. The molecule has 120 valence electrons. The SMILES string of the molecule is O=[N+]([O-])c1ccc(NC2CCN(C3CCOC3)CC2)c(Cl)c1. The molecule has 1 N–H and O–H groups in total. The first-order valence-corrected chi connectivity index (χ1v) is 8.03. The molecule has 2 aliphatic rings. The van der Waals surface area contributed by atoms with Gasteiger partial charge in [-0.1, -0.05) is 11.6 Å². The van der Waals surface area contributed by atoms with Gasteiger partial charge in [0.25, 0.3) is 5.69 Å². The number of anilines is 1. The molecule has 22 heavy (non-hydrogen) atoms. The second-order valence-corrected chi connectivity index (χ2v) is 6.30. The van der Waals surface area contributed by atoms with Crippen LogP contribution in [0.25, 0.3) is 0 Å². The van der Waals surface area contributed by atoms with Crippen LogP contribution in [0.4, 0.5) is 11.4 Å². The van der Waals surface area contributed by atoms with Crippen molar-refractivity contribution in [2.24, 2.45) is 0 Å².